The first-order valence-electron chi connectivity index (χ1n) is 10.7. The summed E-state index contributed by atoms with van der Waals surface area (Å²) in [5.41, 5.74) is -1.02. The highest BCUT2D eigenvalue weighted by Crippen LogP contribution is 2.59. The predicted molar refractivity (Wildman–Crippen MR) is 122 cm³/mol. The van der Waals surface area contributed by atoms with Crippen molar-refractivity contribution in [1.29, 1.82) is 0 Å². The smallest absolute Gasteiger partial charge is 0.345 e. The lowest BCUT2D eigenvalue weighted by atomic mass is 9.90. The number of hydrogen-bond acceptors (Lipinski definition) is 7. The highest BCUT2D eigenvalue weighted by Gasteiger charge is 2.49. The Morgan fingerprint density at radius 1 is 1.13 bits per heavy atom. The molecule has 0 amide bonds. The Bertz CT molecular complexity index is 731. The van der Waals surface area contributed by atoms with Crippen molar-refractivity contribution in [2.45, 2.75) is 70.9 Å². The van der Waals surface area contributed by atoms with Crippen LogP contribution in [0.4, 0.5) is 0 Å². The van der Waals surface area contributed by atoms with E-state index in [1.807, 2.05) is 24.3 Å². The Morgan fingerprint density at radius 2 is 1.68 bits per heavy atom. The van der Waals surface area contributed by atoms with Gasteiger partial charge in [-0.1, -0.05) is 28.1 Å². The fourth-order valence-corrected chi connectivity index (χ4v) is 5.99. The molecular weight excluding hydrogens is 487 g/mol. The molecule has 0 radical (unpaired) electrons. The molecule has 0 saturated carbocycles. The van der Waals surface area contributed by atoms with Crippen LogP contribution >= 0.6 is 23.5 Å². The summed E-state index contributed by atoms with van der Waals surface area (Å²) >= 11 is 3.45. The Kier molecular flexibility index (Phi) is 10.2. The molecule has 1 heterocycles. The highest BCUT2D eigenvalue weighted by atomic mass is 79.9. The first kappa shape index (κ1) is 26.5. The standard InChI is InChI=1S/C22H34BrO7P/c1-6-28-31(25,29-7-2)20(21(24)30-22(3,4)5)18(12-13-19-26-14-15-27-19)16-8-10-17(23)11-9-16/h8-11,18-20H,6-7,12-15H2,1-5H3. The summed E-state index contributed by atoms with van der Waals surface area (Å²) < 4.78 is 42.9. The van der Waals surface area contributed by atoms with Gasteiger partial charge in [-0.3, -0.25) is 9.36 Å². The average molecular weight is 521 g/mol. The van der Waals surface area contributed by atoms with E-state index in [-0.39, 0.29) is 19.5 Å². The number of carbonyl (C=O) groups excluding carboxylic acids is 1. The van der Waals surface area contributed by atoms with Gasteiger partial charge in [0.05, 0.1) is 26.4 Å². The molecule has 1 aromatic rings. The minimum atomic E-state index is -3.83. The van der Waals surface area contributed by atoms with Crippen LogP contribution in [0, 0.1) is 0 Å². The van der Waals surface area contributed by atoms with Crippen LogP contribution in [0.5, 0.6) is 0 Å². The Balaban J connectivity index is 2.49. The van der Waals surface area contributed by atoms with Crippen molar-refractivity contribution >= 4 is 29.5 Å². The normalized spacial score (nSPS) is 17.5. The molecule has 0 bridgehead atoms. The number of halogens is 1. The summed E-state index contributed by atoms with van der Waals surface area (Å²) in [5.74, 6) is -1.07. The summed E-state index contributed by atoms with van der Waals surface area (Å²) in [6.45, 7) is 10.2. The van der Waals surface area contributed by atoms with Gasteiger partial charge in [0.2, 0.25) is 0 Å². The Hall–Kier alpha value is -0.760. The SMILES string of the molecule is CCOP(=O)(OCC)C(C(=O)OC(C)(C)C)C(CCC1OCCO1)c1ccc(Br)cc1. The first-order chi connectivity index (χ1) is 14.6. The first-order valence-corrected chi connectivity index (χ1v) is 13.1. The number of benzene rings is 1. The lowest BCUT2D eigenvalue weighted by Crippen LogP contribution is -2.37. The van der Waals surface area contributed by atoms with Crippen LogP contribution in [0.3, 0.4) is 0 Å². The van der Waals surface area contributed by atoms with Crippen LogP contribution in [0.1, 0.15) is 58.9 Å². The van der Waals surface area contributed by atoms with Crippen molar-refractivity contribution in [3.63, 3.8) is 0 Å². The maximum absolute atomic E-state index is 13.9. The van der Waals surface area contributed by atoms with Crippen molar-refractivity contribution < 1.29 is 32.6 Å². The summed E-state index contributed by atoms with van der Waals surface area (Å²) in [7, 11) is -3.83. The number of esters is 1. The van der Waals surface area contributed by atoms with Gasteiger partial charge in [-0.05, 0) is 65.2 Å². The van der Waals surface area contributed by atoms with E-state index in [0.29, 0.717) is 26.1 Å². The lowest BCUT2D eigenvalue weighted by Gasteiger charge is -2.33. The van der Waals surface area contributed by atoms with Gasteiger partial charge in [-0.25, -0.2) is 0 Å². The molecule has 0 spiro atoms. The second kappa shape index (κ2) is 11.9. The maximum atomic E-state index is 13.9. The minimum Gasteiger partial charge on any atom is -0.459 e. The largest absolute Gasteiger partial charge is 0.459 e. The molecule has 2 unspecified atom stereocenters. The van der Waals surface area contributed by atoms with E-state index < -0.39 is 30.7 Å². The van der Waals surface area contributed by atoms with Gasteiger partial charge in [-0.2, -0.15) is 0 Å². The molecule has 1 aromatic carbocycles. The van der Waals surface area contributed by atoms with E-state index in [2.05, 4.69) is 15.9 Å². The molecule has 0 aliphatic carbocycles. The van der Waals surface area contributed by atoms with Gasteiger partial charge >= 0.3 is 13.6 Å². The van der Waals surface area contributed by atoms with E-state index in [9.17, 15) is 9.36 Å². The fraction of sp³-hybridized carbons (Fsp3) is 0.682. The van der Waals surface area contributed by atoms with Gasteiger partial charge in [0.25, 0.3) is 0 Å². The number of ether oxygens (including phenoxy) is 3. The summed E-state index contributed by atoms with van der Waals surface area (Å²) in [4.78, 5) is 13.4. The third-order valence-corrected chi connectivity index (χ3v) is 7.71. The van der Waals surface area contributed by atoms with Crippen LogP contribution in [0.2, 0.25) is 0 Å². The van der Waals surface area contributed by atoms with Gasteiger partial charge < -0.3 is 23.3 Å². The zero-order valence-electron chi connectivity index (χ0n) is 19.0. The molecule has 1 fully saturated rings. The lowest BCUT2D eigenvalue weighted by molar-refractivity contribution is -0.155. The van der Waals surface area contributed by atoms with Crippen molar-refractivity contribution in [3.05, 3.63) is 34.3 Å². The molecule has 2 rings (SSSR count). The predicted octanol–water partition coefficient (Wildman–Crippen LogP) is 5.66. The van der Waals surface area contributed by atoms with Crippen molar-refractivity contribution in [2.75, 3.05) is 26.4 Å². The van der Waals surface area contributed by atoms with E-state index in [1.54, 1.807) is 34.6 Å². The van der Waals surface area contributed by atoms with Crippen LogP contribution in [0.25, 0.3) is 0 Å². The minimum absolute atomic E-state index is 0.151. The van der Waals surface area contributed by atoms with E-state index >= 15 is 0 Å². The second-order valence-electron chi connectivity index (χ2n) is 8.26. The van der Waals surface area contributed by atoms with Crippen LogP contribution < -0.4 is 0 Å². The maximum Gasteiger partial charge on any atom is 0.345 e. The summed E-state index contributed by atoms with van der Waals surface area (Å²) in [6.07, 6.45) is 0.675. The van der Waals surface area contributed by atoms with Crippen LogP contribution in [0.15, 0.2) is 28.7 Å². The van der Waals surface area contributed by atoms with Gasteiger partial charge in [0, 0.05) is 10.4 Å². The van der Waals surface area contributed by atoms with E-state index in [0.717, 1.165) is 10.0 Å². The van der Waals surface area contributed by atoms with Gasteiger partial charge in [-0.15, -0.1) is 0 Å². The third-order valence-electron chi connectivity index (χ3n) is 4.69. The second-order valence-corrected chi connectivity index (χ2v) is 11.3. The van der Waals surface area contributed by atoms with Crippen LogP contribution in [-0.2, 0) is 32.6 Å². The molecule has 1 aliphatic rings. The van der Waals surface area contributed by atoms with Gasteiger partial charge in [0.1, 0.15) is 5.60 Å². The molecule has 7 nitrogen and oxygen atoms in total. The molecule has 1 aliphatic heterocycles. The van der Waals surface area contributed by atoms with E-state index in [4.69, 9.17) is 23.3 Å². The number of rotatable bonds is 11. The number of hydrogen-bond donors (Lipinski definition) is 0. The molecule has 176 valence electrons. The van der Waals surface area contributed by atoms with Crippen molar-refractivity contribution in [2.24, 2.45) is 0 Å². The molecule has 0 aromatic heterocycles. The molecule has 1 saturated heterocycles. The summed E-state index contributed by atoms with van der Waals surface area (Å²) in [6, 6.07) is 7.60. The molecule has 2 atom stereocenters. The van der Waals surface area contributed by atoms with Gasteiger partial charge in [0.15, 0.2) is 11.9 Å². The fourth-order valence-electron chi connectivity index (χ4n) is 3.54. The summed E-state index contributed by atoms with van der Waals surface area (Å²) in [5, 5.41) is 0. The monoisotopic (exact) mass is 520 g/mol. The average Bonchev–Trinajstić information content (AvgIpc) is 3.18. The van der Waals surface area contributed by atoms with E-state index in [1.165, 1.54) is 0 Å². The zero-order chi connectivity index (χ0) is 23.1. The van der Waals surface area contributed by atoms with Crippen molar-refractivity contribution in [1.82, 2.24) is 0 Å². The Labute approximate surface area is 193 Å². The molecule has 31 heavy (non-hydrogen) atoms. The molecule has 9 heteroatoms. The highest BCUT2D eigenvalue weighted by molar-refractivity contribution is 9.10. The van der Waals surface area contributed by atoms with Crippen molar-refractivity contribution in [3.8, 4) is 0 Å². The third kappa shape index (κ3) is 7.95. The van der Waals surface area contributed by atoms with Crippen LogP contribution in [-0.4, -0.2) is 49.9 Å². The topological polar surface area (TPSA) is 80.3 Å². The Morgan fingerprint density at radius 3 is 2.16 bits per heavy atom. The zero-order valence-corrected chi connectivity index (χ0v) is 21.4. The molecule has 0 N–H and O–H groups in total. The quantitative estimate of drug-likeness (QED) is 0.275. The number of carbonyl (C=O) groups is 1. The molecular formula is C22H34BrO7P.